The second-order valence-corrected chi connectivity index (χ2v) is 14.4. The Balaban J connectivity index is 3.95. The third-order valence-electron chi connectivity index (χ3n) is 3.69. The maximum absolute atomic E-state index is 4.22. The van der Waals surface area contributed by atoms with Crippen molar-refractivity contribution in [1.29, 1.82) is 0 Å². The fourth-order valence-corrected chi connectivity index (χ4v) is 8.37. The van der Waals surface area contributed by atoms with E-state index in [4.69, 9.17) is 0 Å². The van der Waals surface area contributed by atoms with E-state index in [-0.39, 0.29) is 0 Å². The van der Waals surface area contributed by atoms with E-state index in [2.05, 4.69) is 36.1 Å². The molecule has 0 spiro atoms. The molecule has 0 unspecified atom stereocenters. The Bertz CT molecular complexity index is 132. The van der Waals surface area contributed by atoms with Crippen LogP contribution in [-0.4, -0.2) is 6.69 Å². The third-order valence-corrected chi connectivity index (χ3v) is 11.0. The van der Waals surface area contributed by atoms with Crippen LogP contribution in [0.25, 0.3) is 0 Å². The molecule has 0 bridgehead atoms. The van der Waals surface area contributed by atoms with Crippen molar-refractivity contribution in [2.75, 3.05) is 0 Å². The van der Waals surface area contributed by atoms with Crippen molar-refractivity contribution in [2.45, 2.75) is 96.7 Å². The summed E-state index contributed by atoms with van der Waals surface area (Å²) in [5.74, 6) is 0. The Labute approximate surface area is 119 Å². The lowest BCUT2D eigenvalue weighted by Crippen LogP contribution is -2.25. The predicted octanol–water partition coefficient (Wildman–Crippen LogP) is 6.90. The molecule has 0 aromatic heterocycles. The van der Waals surface area contributed by atoms with Gasteiger partial charge >= 0.3 is 0 Å². The van der Waals surface area contributed by atoms with Gasteiger partial charge in [0.1, 0.15) is 6.69 Å². The summed E-state index contributed by atoms with van der Waals surface area (Å²) in [7, 11) is 0. The first-order valence-corrected chi connectivity index (χ1v) is 12.7. The smallest absolute Gasteiger partial charge is 0.126 e. The first kappa shape index (κ1) is 17.7. The molecule has 17 heavy (non-hydrogen) atoms. The van der Waals surface area contributed by atoms with E-state index < -0.39 is 6.69 Å². The zero-order chi connectivity index (χ0) is 13.0. The van der Waals surface area contributed by atoms with Crippen LogP contribution >= 0.6 is 15.3 Å². The minimum atomic E-state index is -1.05. The molecule has 104 valence electrons. The molecule has 0 N–H and O–H groups in total. The van der Waals surface area contributed by atoms with E-state index in [0.717, 1.165) is 0 Å². The van der Waals surface area contributed by atoms with Crippen LogP contribution in [0.4, 0.5) is 0 Å². The summed E-state index contributed by atoms with van der Waals surface area (Å²) >= 11 is 4.22. The molecule has 0 aromatic rings. The highest BCUT2D eigenvalue weighted by Crippen LogP contribution is 2.34. The van der Waals surface area contributed by atoms with Gasteiger partial charge < -0.3 is 0 Å². The van der Waals surface area contributed by atoms with Gasteiger partial charge in [-0.15, -0.1) is 15.3 Å². The first-order chi connectivity index (χ1) is 8.18. The van der Waals surface area contributed by atoms with Gasteiger partial charge in [0, 0.05) is 0 Å². The number of hydrogen-bond acceptors (Lipinski definition) is 0. The highest BCUT2D eigenvalue weighted by Gasteiger charge is 2.27. The molecule has 2 heteroatoms. The van der Waals surface area contributed by atoms with Gasteiger partial charge in [-0.2, -0.15) is 0 Å². The number of hydrogen-bond donors (Lipinski definition) is 0. The van der Waals surface area contributed by atoms with Gasteiger partial charge in [0.15, 0.2) is 0 Å². The molecule has 0 saturated heterocycles. The lowest BCUT2D eigenvalue weighted by molar-refractivity contribution is 0.724. The normalized spacial score (nSPS) is 12.0. The van der Waals surface area contributed by atoms with Crippen molar-refractivity contribution < 1.29 is 0 Å². The average Bonchev–Trinajstić information content (AvgIpc) is 2.30. The predicted molar refractivity (Wildman–Crippen MR) is 87.7 cm³/mol. The van der Waals surface area contributed by atoms with Gasteiger partial charge in [-0.25, -0.2) is 0 Å². The van der Waals surface area contributed by atoms with Crippen molar-refractivity contribution in [1.82, 2.24) is 0 Å². The number of unbranched alkanes of at least 4 members (excludes halogenated alkanes) is 6. The highest BCUT2D eigenvalue weighted by molar-refractivity contribution is 9.26. The molecule has 0 atom stereocenters. The molecule has 0 fully saturated rings. The SMILES string of the molecule is CCCCC[Si](Br)(CCCCC)CCCCC. The molecular formula is C15H33BrSi. The average molecular weight is 321 g/mol. The summed E-state index contributed by atoms with van der Waals surface area (Å²) in [6, 6.07) is 4.57. The van der Waals surface area contributed by atoms with E-state index in [0.29, 0.717) is 0 Å². The molecule has 0 amide bonds. The van der Waals surface area contributed by atoms with E-state index in [1.165, 1.54) is 75.9 Å². The summed E-state index contributed by atoms with van der Waals surface area (Å²) in [5, 5.41) is 0. The van der Waals surface area contributed by atoms with Crippen molar-refractivity contribution >= 4 is 22.0 Å². The van der Waals surface area contributed by atoms with Crippen LogP contribution in [0.3, 0.4) is 0 Å². The Hall–Kier alpha value is 0.697. The Morgan fingerprint density at radius 3 is 1.12 bits per heavy atom. The quantitative estimate of drug-likeness (QED) is 0.208. The molecule has 0 aliphatic rings. The third kappa shape index (κ3) is 10.3. The summed E-state index contributed by atoms with van der Waals surface area (Å²) in [6.07, 6.45) is 12.8. The Morgan fingerprint density at radius 2 is 0.882 bits per heavy atom. The minimum absolute atomic E-state index is 1.05. The minimum Gasteiger partial charge on any atom is -0.126 e. The van der Waals surface area contributed by atoms with Crippen molar-refractivity contribution in [3.8, 4) is 0 Å². The summed E-state index contributed by atoms with van der Waals surface area (Å²) < 4.78 is 0. The lowest BCUT2D eigenvalue weighted by atomic mass is 10.3. The van der Waals surface area contributed by atoms with Crippen LogP contribution in [0.1, 0.15) is 78.6 Å². The van der Waals surface area contributed by atoms with E-state index in [1.54, 1.807) is 0 Å². The maximum Gasteiger partial charge on any atom is 0.130 e. The highest BCUT2D eigenvalue weighted by atomic mass is 79.9. The zero-order valence-corrected chi connectivity index (χ0v) is 14.9. The molecule has 0 aromatic carbocycles. The lowest BCUT2D eigenvalue weighted by Gasteiger charge is -2.25. The fourth-order valence-electron chi connectivity index (χ4n) is 2.45. The van der Waals surface area contributed by atoms with Crippen LogP contribution in [0.2, 0.25) is 18.1 Å². The molecule has 0 aliphatic carbocycles. The van der Waals surface area contributed by atoms with Gasteiger partial charge in [0.05, 0.1) is 0 Å². The molecule has 0 heterocycles. The van der Waals surface area contributed by atoms with Crippen LogP contribution in [0, 0.1) is 0 Å². The Kier molecular flexibility index (Phi) is 12.3. The van der Waals surface area contributed by atoms with Crippen molar-refractivity contribution in [3.63, 3.8) is 0 Å². The van der Waals surface area contributed by atoms with Gasteiger partial charge in [-0.3, -0.25) is 0 Å². The summed E-state index contributed by atoms with van der Waals surface area (Å²) in [5.41, 5.74) is 0. The van der Waals surface area contributed by atoms with Gasteiger partial charge in [-0.05, 0) is 18.1 Å². The largest absolute Gasteiger partial charge is 0.130 e. The topological polar surface area (TPSA) is 0 Å². The van der Waals surface area contributed by atoms with Crippen LogP contribution in [0.15, 0.2) is 0 Å². The monoisotopic (exact) mass is 320 g/mol. The van der Waals surface area contributed by atoms with Crippen LogP contribution in [-0.2, 0) is 0 Å². The molecule has 0 saturated carbocycles. The van der Waals surface area contributed by atoms with E-state index >= 15 is 0 Å². The number of halogens is 1. The summed E-state index contributed by atoms with van der Waals surface area (Å²) in [6.45, 7) is 5.88. The second-order valence-electron chi connectivity index (χ2n) is 5.52. The van der Waals surface area contributed by atoms with Crippen LogP contribution < -0.4 is 0 Å². The fraction of sp³-hybridized carbons (Fsp3) is 1.00. The van der Waals surface area contributed by atoms with Gasteiger partial charge in [0.2, 0.25) is 0 Å². The van der Waals surface area contributed by atoms with Crippen LogP contribution in [0.5, 0.6) is 0 Å². The summed E-state index contributed by atoms with van der Waals surface area (Å²) in [4.78, 5) is 0. The molecule has 0 aliphatic heterocycles. The zero-order valence-electron chi connectivity index (χ0n) is 12.4. The maximum atomic E-state index is 4.22. The van der Waals surface area contributed by atoms with Gasteiger partial charge in [-0.1, -0.05) is 78.6 Å². The van der Waals surface area contributed by atoms with Gasteiger partial charge in [0.25, 0.3) is 0 Å². The molecule has 0 radical (unpaired) electrons. The number of rotatable bonds is 12. The first-order valence-electron chi connectivity index (χ1n) is 7.87. The van der Waals surface area contributed by atoms with E-state index in [9.17, 15) is 0 Å². The molecular weight excluding hydrogens is 288 g/mol. The van der Waals surface area contributed by atoms with E-state index in [1.807, 2.05) is 0 Å². The Morgan fingerprint density at radius 1 is 0.588 bits per heavy atom. The second kappa shape index (κ2) is 11.8. The molecule has 0 nitrogen and oxygen atoms in total. The van der Waals surface area contributed by atoms with Crippen molar-refractivity contribution in [3.05, 3.63) is 0 Å². The standard InChI is InChI=1S/C15H33BrSi/c1-4-7-10-13-17(16,14-11-8-5-2)15-12-9-6-3/h4-15H2,1-3H3. The van der Waals surface area contributed by atoms with Crippen molar-refractivity contribution in [2.24, 2.45) is 0 Å². The molecule has 0 rings (SSSR count).